The van der Waals surface area contributed by atoms with Crippen LogP contribution in [0.4, 0.5) is 5.69 Å². The van der Waals surface area contributed by atoms with Gasteiger partial charge >= 0.3 is 0 Å². The molecule has 7 heteroatoms. The average Bonchev–Trinajstić information content (AvgIpc) is 3.19. The zero-order chi connectivity index (χ0) is 16.5. The van der Waals surface area contributed by atoms with E-state index in [-0.39, 0.29) is 21.7 Å². The SMILES string of the molecule is CCN(CC)S(=O)(=O)c1cc(NC(=O)C2CC2C)ccc1Cl. The zero-order valence-corrected chi connectivity index (χ0v) is 14.5. The van der Waals surface area contributed by atoms with Gasteiger partial charge in [0.15, 0.2) is 0 Å². The number of nitrogens with zero attached hydrogens (tertiary/aromatic N) is 1. The number of hydrogen-bond acceptors (Lipinski definition) is 3. The summed E-state index contributed by atoms with van der Waals surface area (Å²) in [5.74, 6) is 0.353. The summed E-state index contributed by atoms with van der Waals surface area (Å²) >= 11 is 6.05. The first-order valence-electron chi connectivity index (χ1n) is 7.41. The van der Waals surface area contributed by atoms with Gasteiger partial charge in [0, 0.05) is 24.7 Å². The lowest BCUT2D eigenvalue weighted by atomic mass is 10.3. The van der Waals surface area contributed by atoms with E-state index in [1.807, 2.05) is 6.92 Å². The van der Waals surface area contributed by atoms with Crippen LogP contribution in [0.3, 0.4) is 0 Å². The van der Waals surface area contributed by atoms with Gasteiger partial charge in [-0.3, -0.25) is 4.79 Å². The molecule has 1 fully saturated rings. The molecule has 0 heterocycles. The van der Waals surface area contributed by atoms with Gasteiger partial charge in [0.1, 0.15) is 4.90 Å². The number of rotatable bonds is 6. The fourth-order valence-corrected chi connectivity index (χ4v) is 4.36. The van der Waals surface area contributed by atoms with Gasteiger partial charge < -0.3 is 5.32 Å². The van der Waals surface area contributed by atoms with E-state index in [0.717, 1.165) is 6.42 Å². The molecule has 2 rings (SSSR count). The Balaban J connectivity index is 2.29. The largest absolute Gasteiger partial charge is 0.326 e. The van der Waals surface area contributed by atoms with E-state index in [2.05, 4.69) is 5.32 Å². The summed E-state index contributed by atoms with van der Waals surface area (Å²) in [5.41, 5.74) is 0.458. The van der Waals surface area contributed by atoms with Crippen LogP contribution in [0, 0.1) is 11.8 Å². The highest BCUT2D eigenvalue weighted by atomic mass is 35.5. The summed E-state index contributed by atoms with van der Waals surface area (Å²) in [6, 6.07) is 4.55. The van der Waals surface area contributed by atoms with E-state index >= 15 is 0 Å². The number of anilines is 1. The zero-order valence-electron chi connectivity index (χ0n) is 13.0. The third kappa shape index (κ3) is 3.45. The molecule has 0 bridgehead atoms. The molecule has 0 aromatic heterocycles. The quantitative estimate of drug-likeness (QED) is 0.862. The minimum absolute atomic E-state index is 0.0264. The number of sulfonamides is 1. The highest BCUT2D eigenvalue weighted by molar-refractivity contribution is 7.89. The van der Waals surface area contributed by atoms with Crippen molar-refractivity contribution in [1.82, 2.24) is 4.31 Å². The molecular weight excluding hydrogens is 324 g/mol. The summed E-state index contributed by atoms with van der Waals surface area (Å²) in [6.07, 6.45) is 0.879. The van der Waals surface area contributed by atoms with Crippen LogP contribution in [0.5, 0.6) is 0 Å². The Morgan fingerprint density at radius 2 is 1.95 bits per heavy atom. The summed E-state index contributed by atoms with van der Waals surface area (Å²) in [6.45, 7) is 6.29. The van der Waals surface area contributed by atoms with Gasteiger partial charge in [-0.2, -0.15) is 4.31 Å². The molecule has 22 heavy (non-hydrogen) atoms. The molecule has 0 spiro atoms. The van der Waals surface area contributed by atoms with Crippen LogP contribution in [0.1, 0.15) is 27.2 Å². The van der Waals surface area contributed by atoms with Gasteiger partial charge in [0.25, 0.3) is 0 Å². The molecule has 0 saturated heterocycles. The topological polar surface area (TPSA) is 66.5 Å². The normalized spacial score (nSPS) is 21.0. The molecular formula is C15H21ClN2O3S. The van der Waals surface area contributed by atoms with Gasteiger partial charge in [-0.25, -0.2) is 8.42 Å². The molecule has 2 atom stereocenters. The lowest BCUT2D eigenvalue weighted by molar-refractivity contribution is -0.117. The average molecular weight is 345 g/mol. The molecule has 1 aromatic carbocycles. The highest BCUT2D eigenvalue weighted by Gasteiger charge is 2.39. The van der Waals surface area contributed by atoms with Crippen molar-refractivity contribution in [3.63, 3.8) is 0 Å². The summed E-state index contributed by atoms with van der Waals surface area (Å²) < 4.78 is 26.5. The van der Waals surface area contributed by atoms with Crippen molar-refractivity contribution in [2.45, 2.75) is 32.1 Å². The predicted molar refractivity (Wildman–Crippen MR) is 87.5 cm³/mol. The molecule has 2 unspecified atom stereocenters. The van der Waals surface area contributed by atoms with Crippen molar-refractivity contribution in [3.05, 3.63) is 23.2 Å². The Morgan fingerprint density at radius 3 is 2.45 bits per heavy atom. The van der Waals surface area contributed by atoms with Crippen molar-refractivity contribution in [2.75, 3.05) is 18.4 Å². The Morgan fingerprint density at radius 1 is 1.36 bits per heavy atom. The molecule has 1 N–H and O–H groups in total. The second-order valence-electron chi connectivity index (χ2n) is 5.54. The fraction of sp³-hybridized carbons (Fsp3) is 0.533. The summed E-state index contributed by atoms with van der Waals surface area (Å²) in [4.78, 5) is 12.0. The fourth-order valence-electron chi connectivity index (χ4n) is 2.40. The second-order valence-corrected chi connectivity index (χ2v) is 7.86. The Kier molecular flexibility index (Phi) is 5.14. The van der Waals surface area contributed by atoms with Crippen molar-refractivity contribution in [2.24, 2.45) is 11.8 Å². The highest BCUT2D eigenvalue weighted by Crippen LogP contribution is 2.38. The van der Waals surface area contributed by atoms with E-state index in [1.165, 1.54) is 16.4 Å². The van der Waals surface area contributed by atoms with Crippen LogP contribution in [0.25, 0.3) is 0 Å². The van der Waals surface area contributed by atoms with Crippen molar-refractivity contribution < 1.29 is 13.2 Å². The number of carbonyl (C=O) groups excluding carboxylic acids is 1. The van der Waals surface area contributed by atoms with E-state index in [9.17, 15) is 13.2 Å². The molecule has 1 saturated carbocycles. The molecule has 1 amide bonds. The number of hydrogen-bond donors (Lipinski definition) is 1. The molecule has 1 aliphatic rings. The maximum absolute atomic E-state index is 12.6. The number of amides is 1. The van der Waals surface area contributed by atoms with Crippen LogP contribution in [0.2, 0.25) is 5.02 Å². The number of halogens is 1. The van der Waals surface area contributed by atoms with E-state index in [4.69, 9.17) is 11.6 Å². The van der Waals surface area contributed by atoms with Crippen LogP contribution in [0.15, 0.2) is 23.1 Å². The Bertz CT molecular complexity index is 671. The summed E-state index contributed by atoms with van der Waals surface area (Å²) in [7, 11) is -3.66. The van der Waals surface area contributed by atoms with Crippen molar-refractivity contribution >= 4 is 33.2 Å². The van der Waals surface area contributed by atoms with Gasteiger partial charge in [-0.05, 0) is 30.5 Å². The monoisotopic (exact) mass is 344 g/mol. The maximum atomic E-state index is 12.6. The number of carbonyl (C=O) groups is 1. The minimum atomic E-state index is -3.66. The molecule has 0 radical (unpaired) electrons. The first-order valence-corrected chi connectivity index (χ1v) is 9.23. The summed E-state index contributed by atoms with van der Waals surface area (Å²) in [5, 5.41) is 2.93. The lowest BCUT2D eigenvalue weighted by Crippen LogP contribution is -2.31. The van der Waals surface area contributed by atoms with Gasteiger partial charge in [0.2, 0.25) is 15.9 Å². The lowest BCUT2D eigenvalue weighted by Gasteiger charge is -2.19. The van der Waals surface area contributed by atoms with Crippen LogP contribution >= 0.6 is 11.6 Å². The van der Waals surface area contributed by atoms with E-state index in [0.29, 0.717) is 24.7 Å². The smallest absolute Gasteiger partial charge is 0.244 e. The van der Waals surface area contributed by atoms with E-state index in [1.54, 1.807) is 19.9 Å². The van der Waals surface area contributed by atoms with Gasteiger partial charge in [-0.15, -0.1) is 0 Å². The predicted octanol–water partition coefficient (Wildman–Crippen LogP) is 2.97. The number of nitrogens with one attached hydrogen (secondary N) is 1. The van der Waals surface area contributed by atoms with Gasteiger partial charge in [-0.1, -0.05) is 32.4 Å². The van der Waals surface area contributed by atoms with Crippen LogP contribution in [-0.4, -0.2) is 31.7 Å². The first-order chi connectivity index (χ1) is 10.3. The van der Waals surface area contributed by atoms with Crippen LogP contribution in [-0.2, 0) is 14.8 Å². The first kappa shape index (κ1) is 17.2. The maximum Gasteiger partial charge on any atom is 0.244 e. The number of benzene rings is 1. The molecule has 122 valence electrons. The van der Waals surface area contributed by atoms with Crippen LogP contribution < -0.4 is 5.32 Å². The molecule has 1 aliphatic carbocycles. The molecule has 5 nitrogen and oxygen atoms in total. The second kappa shape index (κ2) is 6.56. The Hall–Kier alpha value is -1.11. The Labute approximate surface area is 136 Å². The molecule has 1 aromatic rings. The molecule has 0 aliphatic heterocycles. The third-order valence-electron chi connectivity index (χ3n) is 3.97. The van der Waals surface area contributed by atoms with Crippen molar-refractivity contribution in [3.8, 4) is 0 Å². The van der Waals surface area contributed by atoms with E-state index < -0.39 is 10.0 Å². The minimum Gasteiger partial charge on any atom is -0.326 e. The van der Waals surface area contributed by atoms with Gasteiger partial charge in [0.05, 0.1) is 5.02 Å². The standard InChI is InChI=1S/C15H21ClN2O3S/c1-4-18(5-2)22(20,21)14-9-11(6-7-13(14)16)17-15(19)12-8-10(12)3/h6-7,9-10,12H,4-5,8H2,1-3H3,(H,17,19). The van der Waals surface area contributed by atoms with Crippen molar-refractivity contribution in [1.29, 1.82) is 0 Å². The third-order valence-corrected chi connectivity index (χ3v) is 6.50.